The molecule has 0 saturated heterocycles. The van der Waals surface area contributed by atoms with E-state index in [9.17, 15) is 4.79 Å². The number of aryl methyl sites for hydroxylation is 1. The topological polar surface area (TPSA) is 22.0 Å². The van der Waals surface area contributed by atoms with Gasteiger partial charge in [0, 0.05) is 21.1 Å². The van der Waals surface area contributed by atoms with Gasteiger partial charge in [-0.3, -0.25) is 9.36 Å². The van der Waals surface area contributed by atoms with Gasteiger partial charge in [-0.2, -0.15) is 0 Å². The van der Waals surface area contributed by atoms with E-state index in [1.165, 1.54) is 0 Å². The molecule has 1 aromatic heterocycles. The summed E-state index contributed by atoms with van der Waals surface area (Å²) in [5.74, 6) is -0.124. The molecule has 0 amide bonds. The lowest BCUT2D eigenvalue weighted by molar-refractivity contribution is 0.0964. The van der Waals surface area contributed by atoms with E-state index >= 15 is 0 Å². The third-order valence-corrected chi connectivity index (χ3v) is 4.80. The molecule has 5 heteroatoms. The van der Waals surface area contributed by atoms with Gasteiger partial charge in [-0.15, -0.1) is 0 Å². The van der Waals surface area contributed by atoms with Gasteiger partial charge in [0.25, 0.3) is 5.91 Å². The van der Waals surface area contributed by atoms with E-state index in [0.29, 0.717) is 21.1 Å². The zero-order valence-corrected chi connectivity index (χ0v) is 14.8. The number of halogens is 3. The lowest BCUT2D eigenvalue weighted by Crippen LogP contribution is -2.11. The maximum Gasteiger partial charge on any atom is 0.263 e. The molecule has 0 fully saturated rings. The zero-order chi connectivity index (χ0) is 15.9. The molecule has 22 heavy (non-hydrogen) atoms. The molecular weight excluding hydrogens is 385 g/mol. The van der Waals surface area contributed by atoms with E-state index in [1.54, 1.807) is 16.7 Å². The molecule has 0 aliphatic carbocycles. The van der Waals surface area contributed by atoms with Crippen LogP contribution in [0.2, 0.25) is 10.0 Å². The third kappa shape index (κ3) is 2.58. The van der Waals surface area contributed by atoms with Crippen LogP contribution in [-0.2, 0) is 6.42 Å². The SMILES string of the molecule is CCc1cn(C(=O)c2ccccc2Br)c2c(Cl)cc(Cl)cc12. The van der Waals surface area contributed by atoms with Crippen LogP contribution in [-0.4, -0.2) is 10.5 Å². The van der Waals surface area contributed by atoms with E-state index in [1.807, 2.05) is 37.4 Å². The van der Waals surface area contributed by atoms with Gasteiger partial charge in [0.05, 0.1) is 16.1 Å². The normalized spacial score (nSPS) is 11.1. The fraction of sp³-hybridized carbons (Fsp3) is 0.118. The van der Waals surface area contributed by atoms with Gasteiger partial charge in [0.2, 0.25) is 0 Å². The first-order chi connectivity index (χ1) is 10.5. The Morgan fingerprint density at radius 1 is 1.23 bits per heavy atom. The van der Waals surface area contributed by atoms with Gasteiger partial charge in [-0.05, 0) is 52.2 Å². The largest absolute Gasteiger partial charge is 0.281 e. The van der Waals surface area contributed by atoms with Crippen molar-refractivity contribution in [3.8, 4) is 0 Å². The quantitative estimate of drug-likeness (QED) is 0.523. The molecule has 112 valence electrons. The number of aromatic nitrogens is 1. The molecule has 0 aliphatic heterocycles. The van der Waals surface area contributed by atoms with Crippen LogP contribution in [0.4, 0.5) is 0 Å². The van der Waals surface area contributed by atoms with Gasteiger partial charge in [0.1, 0.15) is 0 Å². The lowest BCUT2D eigenvalue weighted by atomic mass is 10.1. The highest BCUT2D eigenvalue weighted by atomic mass is 79.9. The molecule has 0 aliphatic rings. The van der Waals surface area contributed by atoms with E-state index in [-0.39, 0.29) is 5.91 Å². The van der Waals surface area contributed by atoms with Crippen LogP contribution in [0.5, 0.6) is 0 Å². The first-order valence-electron chi connectivity index (χ1n) is 6.81. The summed E-state index contributed by atoms with van der Waals surface area (Å²) in [4.78, 5) is 12.9. The number of carbonyl (C=O) groups excluding carboxylic acids is 1. The maximum absolute atomic E-state index is 12.9. The van der Waals surface area contributed by atoms with E-state index < -0.39 is 0 Å². The van der Waals surface area contributed by atoms with Crippen LogP contribution in [0, 0.1) is 0 Å². The Morgan fingerprint density at radius 2 is 1.95 bits per heavy atom. The van der Waals surface area contributed by atoms with Crippen molar-refractivity contribution in [1.29, 1.82) is 0 Å². The maximum atomic E-state index is 12.9. The summed E-state index contributed by atoms with van der Waals surface area (Å²) in [5, 5.41) is 1.96. The summed E-state index contributed by atoms with van der Waals surface area (Å²) in [6, 6.07) is 10.9. The van der Waals surface area contributed by atoms with Crippen molar-refractivity contribution in [3.63, 3.8) is 0 Å². The number of carbonyl (C=O) groups is 1. The average Bonchev–Trinajstić information content (AvgIpc) is 2.86. The summed E-state index contributed by atoms with van der Waals surface area (Å²) in [7, 11) is 0. The van der Waals surface area contributed by atoms with Gasteiger partial charge in [0.15, 0.2) is 0 Å². The van der Waals surface area contributed by atoms with Gasteiger partial charge < -0.3 is 0 Å². The summed E-state index contributed by atoms with van der Waals surface area (Å²) in [6.45, 7) is 2.04. The average molecular weight is 397 g/mol. The van der Waals surface area contributed by atoms with Crippen molar-refractivity contribution in [3.05, 3.63) is 68.2 Å². The van der Waals surface area contributed by atoms with Crippen molar-refractivity contribution in [2.45, 2.75) is 13.3 Å². The van der Waals surface area contributed by atoms with Crippen LogP contribution in [0.15, 0.2) is 47.1 Å². The van der Waals surface area contributed by atoms with Crippen LogP contribution < -0.4 is 0 Å². The summed E-state index contributed by atoms with van der Waals surface area (Å²) >= 11 is 15.9. The molecule has 2 aromatic carbocycles. The van der Waals surface area contributed by atoms with Gasteiger partial charge in [-0.1, -0.05) is 42.3 Å². The Kier molecular flexibility index (Phi) is 4.31. The number of nitrogens with zero attached hydrogens (tertiary/aromatic N) is 1. The summed E-state index contributed by atoms with van der Waals surface area (Å²) in [6.07, 6.45) is 2.64. The molecule has 1 heterocycles. The summed E-state index contributed by atoms with van der Waals surface area (Å²) in [5.41, 5.74) is 2.33. The van der Waals surface area contributed by atoms with Crippen LogP contribution in [0.1, 0.15) is 22.8 Å². The minimum absolute atomic E-state index is 0.124. The predicted molar refractivity (Wildman–Crippen MR) is 95.2 cm³/mol. The fourth-order valence-electron chi connectivity index (χ4n) is 2.55. The first-order valence-corrected chi connectivity index (χ1v) is 8.36. The monoisotopic (exact) mass is 395 g/mol. The molecule has 0 spiro atoms. The number of hydrogen-bond donors (Lipinski definition) is 0. The number of benzene rings is 2. The predicted octanol–water partition coefficient (Wildman–Crippen LogP) is 5.96. The molecule has 0 saturated carbocycles. The minimum atomic E-state index is -0.124. The Balaban J connectivity index is 2.28. The third-order valence-electron chi connectivity index (χ3n) is 3.60. The molecule has 2 nitrogen and oxygen atoms in total. The number of fused-ring (bicyclic) bond motifs is 1. The van der Waals surface area contributed by atoms with E-state index in [2.05, 4.69) is 15.9 Å². The second-order valence-electron chi connectivity index (χ2n) is 4.95. The van der Waals surface area contributed by atoms with Gasteiger partial charge in [-0.25, -0.2) is 0 Å². The Hall–Kier alpha value is -1.29. The second kappa shape index (κ2) is 6.07. The molecule has 3 rings (SSSR count). The highest BCUT2D eigenvalue weighted by Gasteiger charge is 2.19. The minimum Gasteiger partial charge on any atom is -0.281 e. The lowest BCUT2D eigenvalue weighted by Gasteiger charge is -2.07. The van der Waals surface area contributed by atoms with Crippen molar-refractivity contribution in [2.75, 3.05) is 0 Å². The van der Waals surface area contributed by atoms with Gasteiger partial charge >= 0.3 is 0 Å². The highest BCUT2D eigenvalue weighted by molar-refractivity contribution is 9.10. The molecule has 0 atom stereocenters. The Morgan fingerprint density at radius 3 is 2.64 bits per heavy atom. The number of hydrogen-bond acceptors (Lipinski definition) is 1. The Bertz CT molecular complexity index is 886. The first kappa shape index (κ1) is 15.6. The second-order valence-corrected chi connectivity index (χ2v) is 6.64. The zero-order valence-electron chi connectivity index (χ0n) is 11.7. The smallest absolute Gasteiger partial charge is 0.263 e. The van der Waals surface area contributed by atoms with Crippen molar-refractivity contribution < 1.29 is 4.79 Å². The highest BCUT2D eigenvalue weighted by Crippen LogP contribution is 2.33. The molecular formula is C17H12BrCl2NO. The van der Waals surface area contributed by atoms with Crippen molar-refractivity contribution >= 4 is 55.9 Å². The molecule has 3 aromatic rings. The fourth-order valence-corrected chi connectivity index (χ4v) is 3.59. The van der Waals surface area contributed by atoms with Crippen molar-refractivity contribution in [1.82, 2.24) is 4.57 Å². The molecule has 0 radical (unpaired) electrons. The Labute approximate surface area is 146 Å². The van der Waals surface area contributed by atoms with E-state index in [0.717, 1.165) is 21.8 Å². The van der Waals surface area contributed by atoms with Crippen LogP contribution in [0.25, 0.3) is 10.9 Å². The van der Waals surface area contributed by atoms with Crippen molar-refractivity contribution in [2.24, 2.45) is 0 Å². The number of rotatable bonds is 2. The van der Waals surface area contributed by atoms with Crippen LogP contribution in [0.3, 0.4) is 0 Å². The standard InChI is InChI=1S/C17H12BrCl2NO/c1-2-10-9-21(16-13(10)7-11(19)8-15(16)20)17(22)12-5-3-4-6-14(12)18/h3-9H,2H2,1H3. The van der Waals surface area contributed by atoms with Crippen LogP contribution >= 0.6 is 39.1 Å². The molecule has 0 bridgehead atoms. The van der Waals surface area contributed by atoms with E-state index in [4.69, 9.17) is 23.2 Å². The molecule has 0 N–H and O–H groups in total. The summed E-state index contributed by atoms with van der Waals surface area (Å²) < 4.78 is 2.36. The molecule has 0 unspecified atom stereocenters.